The van der Waals surface area contributed by atoms with Crippen molar-refractivity contribution in [1.82, 2.24) is 15.1 Å². The van der Waals surface area contributed by atoms with Crippen LogP contribution in [0.2, 0.25) is 0 Å². The average Bonchev–Trinajstić information content (AvgIpc) is 3.00. The van der Waals surface area contributed by atoms with Crippen molar-refractivity contribution in [2.24, 2.45) is 0 Å². The van der Waals surface area contributed by atoms with Gasteiger partial charge in [0.2, 0.25) is 5.91 Å². The molecule has 4 rings (SSSR count). The third-order valence-corrected chi connectivity index (χ3v) is 6.94. The molecule has 0 bridgehead atoms. The molecule has 0 aromatic heterocycles. The molecule has 1 unspecified atom stereocenters. The molecule has 2 N–H and O–H groups in total. The van der Waals surface area contributed by atoms with Crippen LogP contribution in [0.25, 0.3) is 0 Å². The molecule has 2 aromatic carbocycles. The molecule has 2 heterocycles. The number of amides is 4. The quantitative estimate of drug-likeness (QED) is 0.659. The van der Waals surface area contributed by atoms with E-state index in [1.165, 1.54) is 0 Å². The minimum absolute atomic E-state index is 0.333. The van der Waals surface area contributed by atoms with E-state index in [4.69, 9.17) is 0 Å². The highest BCUT2D eigenvalue weighted by Crippen LogP contribution is 2.29. The molecular weight excluding hydrogens is 424 g/mol. The molecule has 32 heavy (non-hydrogen) atoms. The van der Waals surface area contributed by atoms with Crippen molar-refractivity contribution in [3.8, 4) is 0 Å². The normalized spacial score (nSPS) is 21.5. The lowest BCUT2D eigenvalue weighted by Crippen LogP contribution is -2.42. The fourth-order valence-electron chi connectivity index (χ4n) is 4.04. The second-order valence-electron chi connectivity index (χ2n) is 8.41. The van der Waals surface area contributed by atoms with E-state index < -0.39 is 23.4 Å². The number of carbonyl (C=O) groups excluding carboxylic acids is 3. The van der Waals surface area contributed by atoms with E-state index in [0.717, 1.165) is 47.2 Å². The predicted molar refractivity (Wildman–Crippen MR) is 126 cm³/mol. The maximum absolute atomic E-state index is 13.1. The van der Waals surface area contributed by atoms with E-state index in [9.17, 15) is 14.4 Å². The average molecular weight is 453 g/mol. The number of thioether (sulfide) groups is 1. The van der Waals surface area contributed by atoms with E-state index in [2.05, 4.69) is 15.5 Å². The van der Waals surface area contributed by atoms with Gasteiger partial charge in [0.15, 0.2) is 0 Å². The standard InChI is InChI=1S/C24H28N4O3S/c1-17-7-9-19(10-8-17)24(2)22(30)28(23(31)26-24)16-21(29)25-20-6-4-3-5-18(20)15-27-11-13-32-14-12-27/h3-10H,11-16H2,1-2H3,(H,25,29)(H,26,31). The van der Waals surface area contributed by atoms with Gasteiger partial charge in [-0.2, -0.15) is 11.8 Å². The van der Waals surface area contributed by atoms with Crippen molar-refractivity contribution < 1.29 is 14.4 Å². The molecule has 2 aliphatic heterocycles. The number of imide groups is 1. The summed E-state index contributed by atoms with van der Waals surface area (Å²) in [5.74, 6) is 1.39. The van der Waals surface area contributed by atoms with Crippen LogP contribution in [0.1, 0.15) is 23.6 Å². The van der Waals surface area contributed by atoms with Gasteiger partial charge in [0.25, 0.3) is 5.91 Å². The number of carbonyl (C=O) groups is 3. The first-order valence-corrected chi connectivity index (χ1v) is 11.9. The van der Waals surface area contributed by atoms with Crippen molar-refractivity contribution in [3.05, 3.63) is 65.2 Å². The molecule has 2 aromatic rings. The Morgan fingerprint density at radius 3 is 2.50 bits per heavy atom. The summed E-state index contributed by atoms with van der Waals surface area (Å²) in [5, 5.41) is 5.65. The molecule has 0 aliphatic carbocycles. The SMILES string of the molecule is Cc1ccc(C2(C)NC(=O)N(CC(=O)Nc3ccccc3CN3CCSCC3)C2=O)cc1. The largest absolute Gasteiger partial charge is 0.325 e. The lowest BCUT2D eigenvalue weighted by atomic mass is 9.91. The maximum Gasteiger partial charge on any atom is 0.325 e. The summed E-state index contributed by atoms with van der Waals surface area (Å²) >= 11 is 1.95. The summed E-state index contributed by atoms with van der Waals surface area (Å²) in [6, 6.07) is 14.6. The van der Waals surface area contributed by atoms with Gasteiger partial charge in [-0.1, -0.05) is 48.0 Å². The van der Waals surface area contributed by atoms with Crippen molar-refractivity contribution in [2.75, 3.05) is 36.5 Å². The number of anilines is 1. The number of nitrogens with zero attached hydrogens (tertiary/aromatic N) is 2. The lowest BCUT2D eigenvalue weighted by Gasteiger charge is -2.27. The summed E-state index contributed by atoms with van der Waals surface area (Å²) < 4.78 is 0. The molecule has 168 valence electrons. The minimum atomic E-state index is -1.19. The van der Waals surface area contributed by atoms with Crippen molar-refractivity contribution in [2.45, 2.75) is 25.9 Å². The molecule has 8 heteroatoms. The van der Waals surface area contributed by atoms with Gasteiger partial charge in [-0.05, 0) is 31.0 Å². The Balaban J connectivity index is 1.44. The first-order chi connectivity index (χ1) is 15.4. The zero-order valence-electron chi connectivity index (χ0n) is 18.4. The predicted octanol–water partition coefficient (Wildman–Crippen LogP) is 2.95. The Morgan fingerprint density at radius 1 is 1.09 bits per heavy atom. The number of aryl methyl sites for hydroxylation is 1. The summed E-state index contributed by atoms with van der Waals surface area (Å²) in [6.45, 7) is 6.09. The van der Waals surface area contributed by atoms with Crippen LogP contribution in [-0.2, 0) is 21.7 Å². The van der Waals surface area contributed by atoms with Gasteiger partial charge in [0.1, 0.15) is 12.1 Å². The molecule has 0 saturated carbocycles. The molecule has 2 aliphatic rings. The maximum atomic E-state index is 13.1. The minimum Gasteiger partial charge on any atom is -0.324 e. The molecule has 1 atom stereocenters. The summed E-state index contributed by atoms with van der Waals surface area (Å²) in [5.41, 5.74) is 2.30. The van der Waals surface area contributed by atoms with Gasteiger partial charge < -0.3 is 10.6 Å². The highest BCUT2D eigenvalue weighted by molar-refractivity contribution is 7.99. The van der Waals surface area contributed by atoms with E-state index in [1.54, 1.807) is 6.92 Å². The van der Waals surface area contributed by atoms with Crippen LogP contribution >= 0.6 is 11.8 Å². The van der Waals surface area contributed by atoms with Crippen LogP contribution < -0.4 is 10.6 Å². The number of hydrogen-bond acceptors (Lipinski definition) is 5. The van der Waals surface area contributed by atoms with Crippen LogP contribution in [0.15, 0.2) is 48.5 Å². The van der Waals surface area contributed by atoms with Crippen LogP contribution in [0.4, 0.5) is 10.5 Å². The fourth-order valence-corrected chi connectivity index (χ4v) is 5.02. The van der Waals surface area contributed by atoms with Gasteiger partial charge >= 0.3 is 6.03 Å². The fraction of sp³-hybridized carbons (Fsp3) is 0.375. The number of para-hydroxylation sites is 1. The van der Waals surface area contributed by atoms with Gasteiger partial charge in [-0.3, -0.25) is 19.4 Å². The summed E-state index contributed by atoms with van der Waals surface area (Å²) in [4.78, 5) is 41.8. The van der Waals surface area contributed by atoms with E-state index in [-0.39, 0.29) is 6.54 Å². The number of nitrogens with one attached hydrogen (secondary N) is 2. The molecule has 0 spiro atoms. The molecule has 0 radical (unpaired) electrons. The Hall–Kier alpha value is -2.84. The molecule has 2 fully saturated rings. The number of rotatable bonds is 6. The Bertz CT molecular complexity index is 1020. The zero-order chi connectivity index (χ0) is 22.7. The van der Waals surface area contributed by atoms with Crippen LogP contribution in [0.3, 0.4) is 0 Å². The summed E-state index contributed by atoms with van der Waals surface area (Å²) in [7, 11) is 0. The monoisotopic (exact) mass is 452 g/mol. The Morgan fingerprint density at radius 2 is 1.78 bits per heavy atom. The van der Waals surface area contributed by atoms with Gasteiger partial charge in [0.05, 0.1) is 0 Å². The second kappa shape index (κ2) is 9.34. The van der Waals surface area contributed by atoms with E-state index in [0.29, 0.717) is 11.3 Å². The zero-order valence-corrected chi connectivity index (χ0v) is 19.2. The van der Waals surface area contributed by atoms with Gasteiger partial charge in [0, 0.05) is 36.8 Å². The third-order valence-electron chi connectivity index (χ3n) is 5.99. The highest BCUT2D eigenvalue weighted by atomic mass is 32.2. The van der Waals surface area contributed by atoms with Crippen LogP contribution in [-0.4, -0.2) is 58.8 Å². The van der Waals surface area contributed by atoms with Crippen molar-refractivity contribution >= 4 is 35.3 Å². The topological polar surface area (TPSA) is 81.8 Å². The molecule has 2 saturated heterocycles. The van der Waals surface area contributed by atoms with Gasteiger partial charge in [-0.25, -0.2) is 4.79 Å². The highest BCUT2D eigenvalue weighted by Gasteiger charge is 2.49. The smallest absolute Gasteiger partial charge is 0.324 e. The van der Waals surface area contributed by atoms with Crippen LogP contribution in [0, 0.1) is 6.92 Å². The molecule has 7 nitrogen and oxygen atoms in total. The second-order valence-corrected chi connectivity index (χ2v) is 9.63. The van der Waals surface area contributed by atoms with E-state index >= 15 is 0 Å². The lowest BCUT2D eigenvalue weighted by molar-refractivity contribution is -0.133. The van der Waals surface area contributed by atoms with E-state index in [1.807, 2.05) is 67.2 Å². The third kappa shape index (κ3) is 4.66. The van der Waals surface area contributed by atoms with Crippen molar-refractivity contribution in [1.29, 1.82) is 0 Å². The van der Waals surface area contributed by atoms with Gasteiger partial charge in [-0.15, -0.1) is 0 Å². The molecular formula is C24H28N4O3S. The number of urea groups is 1. The summed E-state index contributed by atoms with van der Waals surface area (Å²) in [6.07, 6.45) is 0. The first-order valence-electron chi connectivity index (χ1n) is 10.8. The Kier molecular flexibility index (Phi) is 6.53. The Labute approximate surface area is 192 Å². The first kappa shape index (κ1) is 22.4. The van der Waals surface area contributed by atoms with Crippen molar-refractivity contribution in [3.63, 3.8) is 0 Å². The number of hydrogen-bond donors (Lipinski definition) is 2. The van der Waals surface area contributed by atoms with Crippen LogP contribution in [0.5, 0.6) is 0 Å². The molecule has 4 amide bonds. The number of benzene rings is 2.